The minimum atomic E-state index is -0.765. The Bertz CT molecular complexity index is 500. The monoisotopic (exact) mass is 297 g/mol. The van der Waals surface area contributed by atoms with E-state index in [1.54, 1.807) is 0 Å². The molecule has 0 radical (unpaired) electrons. The quantitative estimate of drug-likeness (QED) is 0.893. The van der Waals surface area contributed by atoms with Gasteiger partial charge in [-0.3, -0.25) is 9.69 Å². The van der Waals surface area contributed by atoms with Gasteiger partial charge in [-0.1, -0.05) is 0 Å². The number of carbonyl (C=O) groups is 1. The van der Waals surface area contributed by atoms with Gasteiger partial charge in [0, 0.05) is 12.1 Å². The van der Waals surface area contributed by atoms with Crippen molar-refractivity contribution in [1.29, 1.82) is 0 Å². The van der Waals surface area contributed by atoms with Crippen molar-refractivity contribution in [3.05, 3.63) is 29.8 Å². The van der Waals surface area contributed by atoms with Crippen LogP contribution in [0, 0.1) is 17.6 Å². The molecule has 1 saturated heterocycles. The highest BCUT2D eigenvalue weighted by Crippen LogP contribution is 2.19. The van der Waals surface area contributed by atoms with E-state index in [2.05, 4.69) is 5.32 Å². The predicted molar refractivity (Wildman–Crippen MR) is 77.8 cm³/mol. The van der Waals surface area contributed by atoms with Gasteiger partial charge in [0.2, 0.25) is 5.91 Å². The molecule has 1 aromatic rings. The van der Waals surface area contributed by atoms with Crippen LogP contribution in [0.3, 0.4) is 0 Å². The molecular formula is C15H21F2N3O. The number of likely N-dealkylation sites (tertiary alicyclic amines) is 1. The molecule has 3 N–H and O–H groups in total. The van der Waals surface area contributed by atoms with E-state index in [1.807, 2.05) is 11.8 Å². The maximum Gasteiger partial charge on any atom is 0.238 e. The molecule has 1 aliphatic heterocycles. The molecule has 0 spiro atoms. The van der Waals surface area contributed by atoms with Crippen LogP contribution in [0.15, 0.2) is 18.2 Å². The van der Waals surface area contributed by atoms with E-state index < -0.39 is 11.6 Å². The van der Waals surface area contributed by atoms with Gasteiger partial charge in [-0.05, 0) is 50.9 Å². The summed E-state index contributed by atoms with van der Waals surface area (Å²) in [6, 6.07) is 3.27. The second-order valence-corrected chi connectivity index (χ2v) is 5.65. The van der Waals surface area contributed by atoms with Gasteiger partial charge in [0.1, 0.15) is 11.6 Å². The fraction of sp³-hybridized carbons (Fsp3) is 0.533. The first-order chi connectivity index (χ1) is 9.95. The number of hydrogen-bond donors (Lipinski definition) is 2. The molecule has 1 amide bonds. The number of hydrogen-bond acceptors (Lipinski definition) is 3. The number of benzene rings is 1. The third-order valence-corrected chi connectivity index (χ3v) is 3.95. The van der Waals surface area contributed by atoms with Crippen molar-refractivity contribution in [2.24, 2.45) is 11.7 Å². The van der Waals surface area contributed by atoms with Crippen LogP contribution in [-0.2, 0) is 4.79 Å². The largest absolute Gasteiger partial charge is 0.328 e. The molecule has 6 heteroatoms. The maximum absolute atomic E-state index is 13.4. The van der Waals surface area contributed by atoms with Gasteiger partial charge in [0.15, 0.2) is 0 Å². The number of halogens is 2. The molecule has 116 valence electrons. The first-order valence-electron chi connectivity index (χ1n) is 7.18. The lowest BCUT2D eigenvalue weighted by Gasteiger charge is -2.33. The van der Waals surface area contributed by atoms with Gasteiger partial charge >= 0.3 is 0 Å². The smallest absolute Gasteiger partial charge is 0.238 e. The van der Waals surface area contributed by atoms with Gasteiger partial charge in [-0.2, -0.15) is 0 Å². The van der Waals surface area contributed by atoms with Crippen LogP contribution in [0.1, 0.15) is 19.8 Å². The normalized spacial score (nSPS) is 18.5. The molecule has 21 heavy (non-hydrogen) atoms. The van der Waals surface area contributed by atoms with Crippen molar-refractivity contribution in [2.45, 2.75) is 25.8 Å². The Morgan fingerprint density at radius 1 is 1.43 bits per heavy atom. The van der Waals surface area contributed by atoms with Crippen LogP contribution in [0.4, 0.5) is 14.5 Å². The zero-order valence-electron chi connectivity index (χ0n) is 12.1. The number of nitrogens with zero attached hydrogens (tertiary/aromatic N) is 1. The molecule has 1 aromatic carbocycles. The lowest BCUT2D eigenvalue weighted by atomic mass is 9.91. The fourth-order valence-corrected chi connectivity index (χ4v) is 2.62. The Morgan fingerprint density at radius 2 is 2.10 bits per heavy atom. The Hall–Kier alpha value is -1.53. The average molecular weight is 297 g/mol. The van der Waals surface area contributed by atoms with E-state index in [-0.39, 0.29) is 24.2 Å². The van der Waals surface area contributed by atoms with Crippen molar-refractivity contribution < 1.29 is 13.6 Å². The maximum atomic E-state index is 13.4. The summed E-state index contributed by atoms with van der Waals surface area (Å²) in [5.74, 6) is -1.22. The molecule has 4 nitrogen and oxygen atoms in total. The first-order valence-corrected chi connectivity index (χ1v) is 7.18. The van der Waals surface area contributed by atoms with E-state index in [9.17, 15) is 13.6 Å². The second-order valence-electron chi connectivity index (χ2n) is 5.65. The first kappa shape index (κ1) is 15.9. The number of amides is 1. The van der Waals surface area contributed by atoms with Gasteiger partial charge < -0.3 is 11.1 Å². The van der Waals surface area contributed by atoms with Crippen LogP contribution < -0.4 is 11.1 Å². The number of nitrogens with two attached hydrogens (primary N) is 1. The Kier molecular flexibility index (Phi) is 5.25. The van der Waals surface area contributed by atoms with Crippen LogP contribution in [-0.4, -0.2) is 36.5 Å². The average Bonchev–Trinajstić information content (AvgIpc) is 2.42. The van der Waals surface area contributed by atoms with Crippen LogP contribution in [0.5, 0.6) is 0 Å². The SMILES string of the molecule is CC(N)C1CCN(CC(=O)Nc2ccc(F)cc2F)CC1. The second kappa shape index (κ2) is 6.95. The van der Waals surface area contributed by atoms with E-state index in [0.29, 0.717) is 5.92 Å². The molecule has 1 atom stereocenters. The standard InChI is InChI=1S/C15H21F2N3O/c1-10(18)11-4-6-20(7-5-11)9-15(21)19-14-3-2-12(16)8-13(14)17/h2-3,8,10-11H,4-7,9,18H2,1H3,(H,19,21). The van der Waals surface area contributed by atoms with Crippen molar-refractivity contribution in [2.75, 3.05) is 25.0 Å². The summed E-state index contributed by atoms with van der Waals surface area (Å²) >= 11 is 0. The Balaban J connectivity index is 1.83. The van der Waals surface area contributed by atoms with Gasteiger partial charge in [0.05, 0.1) is 12.2 Å². The highest BCUT2D eigenvalue weighted by atomic mass is 19.1. The lowest BCUT2D eigenvalue weighted by molar-refractivity contribution is -0.117. The molecule has 0 aromatic heterocycles. The van der Waals surface area contributed by atoms with Crippen LogP contribution >= 0.6 is 0 Å². The molecule has 0 bridgehead atoms. The lowest BCUT2D eigenvalue weighted by Crippen LogP contribution is -2.42. The summed E-state index contributed by atoms with van der Waals surface area (Å²) in [7, 11) is 0. The third kappa shape index (κ3) is 4.47. The van der Waals surface area contributed by atoms with Crippen molar-refractivity contribution >= 4 is 11.6 Å². The van der Waals surface area contributed by atoms with Gasteiger partial charge in [0.25, 0.3) is 0 Å². The predicted octanol–water partition coefficient (Wildman–Crippen LogP) is 1.96. The number of rotatable bonds is 4. The minimum Gasteiger partial charge on any atom is -0.328 e. The zero-order valence-corrected chi connectivity index (χ0v) is 12.1. The molecule has 1 aliphatic rings. The third-order valence-electron chi connectivity index (χ3n) is 3.95. The van der Waals surface area contributed by atoms with Gasteiger partial charge in [-0.15, -0.1) is 0 Å². The van der Waals surface area contributed by atoms with Crippen molar-refractivity contribution in [3.8, 4) is 0 Å². The molecule has 0 saturated carbocycles. The summed E-state index contributed by atoms with van der Waals surface area (Å²) in [6.07, 6.45) is 1.94. The van der Waals surface area contributed by atoms with E-state index in [0.717, 1.165) is 38.1 Å². The number of anilines is 1. The number of carbonyl (C=O) groups excluding carboxylic acids is 1. The molecule has 1 unspecified atom stereocenters. The highest BCUT2D eigenvalue weighted by molar-refractivity contribution is 5.92. The molecule has 2 rings (SSSR count). The zero-order chi connectivity index (χ0) is 15.4. The number of nitrogens with one attached hydrogen (secondary N) is 1. The van der Waals surface area contributed by atoms with Crippen LogP contribution in [0.25, 0.3) is 0 Å². The van der Waals surface area contributed by atoms with Gasteiger partial charge in [-0.25, -0.2) is 8.78 Å². The molecular weight excluding hydrogens is 276 g/mol. The summed E-state index contributed by atoms with van der Waals surface area (Å²) < 4.78 is 26.2. The topological polar surface area (TPSA) is 58.4 Å². The Labute approximate surface area is 123 Å². The number of piperidine rings is 1. The van der Waals surface area contributed by atoms with Crippen molar-refractivity contribution in [1.82, 2.24) is 4.90 Å². The van der Waals surface area contributed by atoms with Crippen LogP contribution in [0.2, 0.25) is 0 Å². The Morgan fingerprint density at radius 3 is 2.67 bits per heavy atom. The summed E-state index contributed by atoms with van der Waals surface area (Å²) in [6.45, 7) is 3.84. The summed E-state index contributed by atoms with van der Waals surface area (Å²) in [5.41, 5.74) is 5.88. The van der Waals surface area contributed by atoms with E-state index in [1.165, 1.54) is 6.07 Å². The molecule has 1 heterocycles. The van der Waals surface area contributed by atoms with E-state index in [4.69, 9.17) is 5.73 Å². The fourth-order valence-electron chi connectivity index (χ4n) is 2.62. The molecule has 0 aliphatic carbocycles. The summed E-state index contributed by atoms with van der Waals surface area (Å²) in [5, 5.41) is 2.47. The minimum absolute atomic E-state index is 0.00636. The highest BCUT2D eigenvalue weighted by Gasteiger charge is 2.23. The summed E-state index contributed by atoms with van der Waals surface area (Å²) in [4.78, 5) is 13.9. The molecule has 1 fully saturated rings. The van der Waals surface area contributed by atoms with Crippen molar-refractivity contribution in [3.63, 3.8) is 0 Å². The van der Waals surface area contributed by atoms with E-state index >= 15 is 0 Å².